The molecule has 1 aromatic heterocycles. The largest absolute Gasteiger partial charge is 0.507 e. The van der Waals surface area contributed by atoms with Gasteiger partial charge in [0, 0.05) is 36.4 Å². The molecule has 0 amide bonds. The summed E-state index contributed by atoms with van der Waals surface area (Å²) in [5.41, 5.74) is -0.123. The molecule has 0 radical (unpaired) electrons. The van der Waals surface area contributed by atoms with E-state index in [1.165, 1.54) is 64.9 Å². The minimum atomic E-state index is -2.16. The number of carbonyl (C=O) groups excluding carboxylic acids is 3. The molecule has 4 aromatic carbocycles. The topological polar surface area (TPSA) is 503 Å². The van der Waals surface area contributed by atoms with Crippen LogP contribution in [0.3, 0.4) is 0 Å². The van der Waals surface area contributed by atoms with E-state index in [1.807, 2.05) is 0 Å². The van der Waals surface area contributed by atoms with Gasteiger partial charge in [0.05, 0.1) is 40.1 Å². The van der Waals surface area contributed by atoms with Crippen molar-refractivity contribution in [2.45, 2.75) is 98.5 Å². The third kappa shape index (κ3) is 15.5. The molecule has 91 heavy (non-hydrogen) atoms. The lowest BCUT2D eigenvalue weighted by Crippen LogP contribution is -2.60. The molecule has 33 nitrogen and oxygen atoms in total. The Morgan fingerprint density at radius 2 is 0.879 bits per heavy atom. The van der Waals surface area contributed by atoms with Gasteiger partial charge in [-0.25, -0.2) is 14.0 Å². The lowest BCUT2D eigenvalue weighted by Gasteiger charge is -2.40. The fraction of sp³-hybridized carbons (Fsp3) is 0.397. The maximum atomic E-state index is 12.9. The standard InChI is InChI=1S/C58H62O33/c1-78-30-9-22(10-31(79-2)44(30)67)5-7-40(63)82-19-36-46(69)49(72)52(75)56(89-36)85-25-15-27(59)26-17-35(88-58-54(77)51(74)48(71)38(91-58)21-84-42(65)18-39(61)62)55(86-29(26)16-25)24-13-28(60)43(66)34(14-24)87-57-53(76)50(73)47(70)37(90-57)20-83-41(64)8-6-23-11-32(80-3)45(68)33(12-23)81-4/h5-17,36-38,46-54,56-58,69-77H,18-21H2,1-4H3,(H5-,59,60,61,62,63,64,66,67,68)/p+1/t36?,37?,38?,46-,47-,48-,49+,50+,51+,52?,53?,54?,56-,57-,58-/m1/s1. The van der Waals surface area contributed by atoms with Crippen LogP contribution in [0.4, 0.5) is 0 Å². The van der Waals surface area contributed by atoms with Crippen molar-refractivity contribution in [1.29, 1.82) is 0 Å². The van der Waals surface area contributed by atoms with Gasteiger partial charge in [-0.05, 0) is 47.5 Å². The fourth-order valence-electron chi connectivity index (χ4n) is 9.31. The molecule has 492 valence electrons. The minimum Gasteiger partial charge on any atom is -0.507 e. The smallest absolute Gasteiger partial charge is 0.402 e. The first-order valence-corrected chi connectivity index (χ1v) is 27.0. The lowest BCUT2D eigenvalue weighted by molar-refractivity contribution is -0.278. The molecule has 0 spiro atoms. The van der Waals surface area contributed by atoms with Crippen LogP contribution in [0.2, 0.25) is 0 Å². The van der Waals surface area contributed by atoms with Gasteiger partial charge in [-0.2, -0.15) is 0 Å². The molecule has 5 aromatic rings. The average molecular weight is 1290 g/mol. The number of rotatable bonds is 23. The average Bonchev–Trinajstić information content (AvgIpc) is 0.805. The molecule has 6 unspecified atom stereocenters. The Morgan fingerprint density at radius 3 is 1.31 bits per heavy atom. The fourth-order valence-corrected chi connectivity index (χ4v) is 9.31. The van der Waals surface area contributed by atoms with Crippen molar-refractivity contribution in [1.82, 2.24) is 0 Å². The van der Waals surface area contributed by atoms with Gasteiger partial charge < -0.3 is 138 Å². The summed E-state index contributed by atoms with van der Waals surface area (Å²) >= 11 is 0. The van der Waals surface area contributed by atoms with Crippen molar-refractivity contribution in [2.24, 2.45) is 0 Å². The van der Waals surface area contributed by atoms with Crippen LogP contribution in [0.5, 0.6) is 69.0 Å². The number of ether oxygens (including phenoxy) is 13. The number of carboxylic acids is 1. The molecule has 3 fully saturated rings. The number of phenolic OH excluding ortho intramolecular Hbond substituents is 5. The second-order valence-corrected chi connectivity index (χ2v) is 20.3. The first-order chi connectivity index (χ1) is 43.2. The van der Waals surface area contributed by atoms with E-state index in [9.17, 15) is 90.7 Å². The molecule has 15 atom stereocenters. The summed E-state index contributed by atoms with van der Waals surface area (Å²) in [4.78, 5) is 48.9. The quantitative estimate of drug-likeness (QED) is 0.00934. The Bertz CT molecular complexity index is 3470. The number of esters is 3. The van der Waals surface area contributed by atoms with Crippen LogP contribution in [-0.2, 0) is 47.6 Å². The van der Waals surface area contributed by atoms with E-state index in [-0.39, 0.29) is 51.0 Å². The maximum absolute atomic E-state index is 12.9. The third-order valence-electron chi connectivity index (χ3n) is 14.2. The Balaban J connectivity index is 1.08. The van der Waals surface area contributed by atoms with Crippen molar-refractivity contribution in [3.63, 3.8) is 0 Å². The molecule has 3 saturated heterocycles. The number of fused-ring (bicyclic) bond motifs is 1. The van der Waals surface area contributed by atoms with E-state index in [1.54, 1.807) is 0 Å². The summed E-state index contributed by atoms with van der Waals surface area (Å²) in [5, 5.41) is 162. The highest BCUT2D eigenvalue weighted by Crippen LogP contribution is 2.47. The first kappa shape index (κ1) is 67.7. The summed E-state index contributed by atoms with van der Waals surface area (Å²) in [5.74, 6) is -10.5. The Morgan fingerprint density at radius 1 is 0.462 bits per heavy atom. The van der Waals surface area contributed by atoms with Gasteiger partial charge in [0.2, 0.25) is 41.9 Å². The van der Waals surface area contributed by atoms with E-state index >= 15 is 0 Å². The molecular weight excluding hydrogens is 1220 g/mol. The zero-order valence-corrected chi connectivity index (χ0v) is 48.1. The van der Waals surface area contributed by atoms with E-state index in [0.29, 0.717) is 11.1 Å². The number of aliphatic hydroxyl groups excluding tert-OH is 9. The number of hydrogen-bond donors (Lipinski definition) is 15. The Kier molecular flexibility index (Phi) is 21.7. The number of aliphatic carboxylic acids is 1. The number of phenols is 5. The highest BCUT2D eigenvalue weighted by molar-refractivity contribution is 5.91. The predicted octanol–water partition coefficient (Wildman–Crippen LogP) is -0.966. The number of methoxy groups -OCH3 is 4. The Labute approximate surface area is 512 Å². The molecular formula is C58H63O33+. The minimum absolute atomic E-state index is 0.0127. The molecule has 4 heterocycles. The number of aliphatic hydroxyl groups is 9. The van der Waals surface area contributed by atoms with E-state index in [2.05, 4.69) is 0 Å². The van der Waals surface area contributed by atoms with Gasteiger partial charge in [0.1, 0.15) is 116 Å². The summed E-state index contributed by atoms with van der Waals surface area (Å²) in [7, 11) is 5.16. The van der Waals surface area contributed by atoms with Crippen LogP contribution in [0.1, 0.15) is 17.5 Å². The highest BCUT2D eigenvalue weighted by Gasteiger charge is 2.49. The predicted molar refractivity (Wildman–Crippen MR) is 299 cm³/mol. The van der Waals surface area contributed by atoms with Gasteiger partial charge in [-0.1, -0.05) is 0 Å². The summed E-state index contributed by atoms with van der Waals surface area (Å²) in [6, 6.07) is 10.3. The molecule has 3 aliphatic rings. The monoisotopic (exact) mass is 1290 g/mol. The van der Waals surface area contributed by atoms with E-state index in [4.69, 9.17) is 71.1 Å². The first-order valence-electron chi connectivity index (χ1n) is 27.0. The van der Waals surface area contributed by atoms with Crippen LogP contribution in [0, 0.1) is 0 Å². The van der Waals surface area contributed by atoms with E-state index in [0.717, 1.165) is 42.5 Å². The normalized spacial score (nSPS) is 26.6. The molecule has 33 heteroatoms. The SMILES string of the molecule is COc1cc(/C=C/C(=O)OCC2O[C@@H](Oc3cc(O)c4cc(O[C@@H]5OC(COC(=O)CC(=O)O)[C@@H](O)[C@H](O)C5O)c(-c5cc(O)c(O)c(O[C@@H]6OC(COC(=O)/C=C/c7cc(OC)c(O)c(OC)c7)[C@@H](O)[C@H](O)C6O)c5)[o+]c4c3)C(O)[C@@H](O)[C@@H]2O)cc(OC)c1O. The number of carbonyl (C=O) groups is 4. The van der Waals surface area contributed by atoms with E-state index < -0.39 is 182 Å². The molecule has 0 aliphatic carbocycles. The highest BCUT2D eigenvalue weighted by atomic mass is 16.7. The molecule has 15 N–H and O–H groups in total. The molecule has 3 aliphatic heterocycles. The second-order valence-electron chi connectivity index (χ2n) is 20.3. The molecule has 0 bridgehead atoms. The van der Waals surface area contributed by atoms with Gasteiger partial charge in [0.25, 0.3) is 0 Å². The number of carboxylic acid groups (broad SMARTS) is 1. The maximum Gasteiger partial charge on any atom is 0.402 e. The zero-order valence-electron chi connectivity index (χ0n) is 48.1. The number of aromatic hydroxyl groups is 5. The lowest BCUT2D eigenvalue weighted by atomic mass is 9.99. The Hall–Kier alpha value is -9.23. The third-order valence-corrected chi connectivity index (χ3v) is 14.2. The molecule has 0 saturated carbocycles. The van der Waals surface area contributed by atoms with Crippen molar-refractivity contribution >= 4 is 47.0 Å². The van der Waals surface area contributed by atoms with Gasteiger partial charge in [-0.3, -0.25) is 9.59 Å². The van der Waals surface area contributed by atoms with Crippen LogP contribution in [0.25, 0.3) is 34.4 Å². The van der Waals surface area contributed by atoms with Crippen LogP contribution in [0.15, 0.2) is 71.2 Å². The van der Waals surface area contributed by atoms with Crippen molar-refractivity contribution in [3.8, 4) is 80.3 Å². The van der Waals surface area contributed by atoms with Crippen molar-refractivity contribution in [2.75, 3.05) is 48.3 Å². The summed E-state index contributed by atoms with van der Waals surface area (Å²) in [6.07, 6.45) is -26.0. The number of benzene rings is 4. The van der Waals surface area contributed by atoms with Gasteiger partial charge in [0.15, 0.2) is 34.5 Å². The van der Waals surface area contributed by atoms with Crippen LogP contribution in [-0.4, -0.2) is 241 Å². The second kappa shape index (κ2) is 29.2. The zero-order chi connectivity index (χ0) is 66.3. The number of hydrogen-bond acceptors (Lipinski definition) is 31. The van der Waals surface area contributed by atoms with Crippen molar-refractivity contribution in [3.05, 3.63) is 77.9 Å². The van der Waals surface area contributed by atoms with Crippen molar-refractivity contribution < 1.29 is 162 Å². The van der Waals surface area contributed by atoms with Crippen LogP contribution < -0.4 is 33.2 Å². The summed E-state index contributed by atoms with van der Waals surface area (Å²) in [6.45, 7) is -2.43. The van der Waals surface area contributed by atoms with Gasteiger partial charge in [-0.15, -0.1) is 0 Å². The van der Waals surface area contributed by atoms with Crippen LogP contribution >= 0.6 is 0 Å². The van der Waals surface area contributed by atoms with Gasteiger partial charge >= 0.3 is 35.2 Å². The summed E-state index contributed by atoms with van der Waals surface area (Å²) < 4.78 is 76.8. The molecule has 8 rings (SSSR count).